The van der Waals surface area contributed by atoms with Crippen molar-refractivity contribution in [1.82, 2.24) is 15.0 Å². The molecular formula is C15H27N5O. The quantitative estimate of drug-likeness (QED) is 0.918. The lowest BCUT2D eigenvalue weighted by Crippen LogP contribution is -2.37. The van der Waals surface area contributed by atoms with Gasteiger partial charge < -0.3 is 15.4 Å². The van der Waals surface area contributed by atoms with Crippen molar-refractivity contribution >= 4 is 11.9 Å². The van der Waals surface area contributed by atoms with Crippen LogP contribution < -0.4 is 15.4 Å². The van der Waals surface area contributed by atoms with Crippen molar-refractivity contribution in [2.45, 2.75) is 46.1 Å². The number of hydrogen-bond donors (Lipinski definition) is 1. The van der Waals surface area contributed by atoms with Crippen LogP contribution in [-0.2, 0) is 0 Å². The van der Waals surface area contributed by atoms with Crippen LogP contribution in [0.4, 0.5) is 11.9 Å². The molecule has 0 aromatic carbocycles. The summed E-state index contributed by atoms with van der Waals surface area (Å²) >= 11 is 0. The summed E-state index contributed by atoms with van der Waals surface area (Å²) in [6.07, 6.45) is 3.67. The van der Waals surface area contributed by atoms with Crippen molar-refractivity contribution in [1.29, 1.82) is 0 Å². The molecule has 6 heteroatoms. The third-order valence-electron chi connectivity index (χ3n) is 4.24. The Bertz CT molecular complexity index is 477. The van der Waals surface area contributed by atoms with Crippen LogP contribution in [0.2, 0.25) is 0 Å². The molecule has 2 N–H and O–H groups in total. The zero-order valence-corrected chi connectivity index (χ0v) is 13.7. The first kappa shape index (κ1) is 15.8. The number of hydrogen-bond acceptors (Lipinski definition) is 6. The van der Waals surface area contributed by atoms with E-state index in [-0.39, 0.29) is 12.1 Å². The molecular weight excluding hydrogens is 266 g/mol. The van der Waals surface area contributed by atoms with Gasteiger partial charge in [-0.25, -0.2) is 0 Å². The van der Waals surface area contributed by atoms with Gasteiger partial charge in [-0.2, -0.15) is 15.0 Å². The smallest absolute Gasteiger partial charge is 0.323 e. The predicted octanol–water partition coefficient (Wildman–Crippen LogP) is 2.36. The minimum Gasteiger partial charge on any atom is -0.460 e. The van der Waals surface area contributed by atoms with Crippen LogP contribution in [0, 0.1) is 17.8 Å². The number of rotatable bonds is 4. The third-order valence-corrected chi connectivity index (χ3v) is 4.24. The van der Waals surface area contributed by atoms with E-state index >= 15 is 0 Å². The van der Waals surface area contributed by atoms with Crippen molar-refractivity contribution < 1.29 is 4.74 Å². The van der Waals surface area contributed by atoms with E-state index in [0.29, 0.717) is 29.7 Å². The van der Waals surface area contributed by atoms with Gasteiger partial charge in [-0.05, 0) is 30.6 Å². The van der Waals surface area contributed by atoms with Gasteiger partial charge in [-0.1, -0.05) is 27.2 Å². The molecule has 0 spiro atoms. The number of anilines is 2. The van der Waals surface area contributed by atoms with Crippen LogP contribution in [0.25, 0.3) is 0 Å². The maximum atomic E-state index is 6.10. The van der Waals surface area contributed by atoms with Crippen molar-refractivity contribution in [3.8, 4) is 6.01 Å². The van der Waals surface area contributed by atoms with E-state index in [9.17, 15) is 0 Å². The van der Waals surface area contributed by atoms with Gasteiger partial charge in [0.05, 0.1) is 0 Å². The second-order valence-corrected chi connectivity index (χ2v) is 6.65. The molecule has 1 aromatic rings. The summed E-state index contributed by atoms with van der Waals surface area (Å²) in [5.74, 6) is 2.55. The zero-order chi connectivity index (χ0) is 15.6. The van der Waals surface area contributed by atoms with E-state index in [1.54, 1.807) is 4.90 Å². The maximum Gasteiger partial charge on any atom is 0.323 e. The number of nitrogens with two attached hydrogens (primary N) is 1. The number of nitrogen functional groups attached to an aromatic ring is 1. The van der Waals surface area contributed by atoms with Crippen molar-refractivity contribution in [3.63, 3.8) is 0 Å². The third kappa shape index (κ3) is 3.95. The van der Waals surface area contributed by atoms with Crippen LogP contribution in [0.15, 0.2) is 0 Å². The number of aromatic nitrogens is 3. The lowest BCUT2D eigenvalue weighted by Gasteiger charge is -2.36. The highest BCUT2D eigenvalue weighted by Gasteiger charge is 2.33. The Labute approximate surface area is 127 Å². The highest BCUT2D eigenvalue weighted by Crippen LogP contribution is 2.35. The first-order valence-corrected chi connectivity index (χ1v) is 7.72. The molecule has 1 aliphatic rings. The minimum atomic E-state index is 0.158. The van der Waals surface area contributed by atoms with E-state index in [1.165, 1.54) is 12.8 Å². The van der Waals surface area contributed by atoms with Crippen LogP contribution in [0.1, 0.15) is 40.0 Å². The summed E-state index contributed by atoms with van der Waals surface area (Å²) < 4.78 is 6.10. The molecule has 3 atom stereocenters. The first-order chi connectivity index (χ1) is 9.86. The van der Waals surface area contributed by atoms with E-state index in [1.807, 2.05) is 14.1 Å². The van der Waals surface area contributed by atoms with Crippen molar-refractivity contribution in [2.75, 3.05) is 24.7 Å². The lowest BCUT2D eigenvalue weighted by molar-refractivity contribution is 0.0390. The summed E-state index contributed by atoms with van der Waals surface area (Å²) in [4.78, 5) is 14.4. The Morgan fingerprint density at radius 1 is 1.19 bits per heavy atom. The largest absolute Gasteiger partial charge is 0.460 e. The standard InChI is InChI=1S/C15H27N5O/c1-9(2)11-7-6-10(3)8-12(11)21-15-18-13(16)17-14(19-15)20(4)5/h9-12H,6-8H2,1-5H3,(H2,16,17,18,19). The Kier molecular flexibility index (Phi) is 4.85. The highest BCUT2D eigenvalue weighted by atomic mass is 16.5. The molecule has 2 rings (SSSR count). The van der Waals surface area contributed by atoms with Crippen molar-refractivity contribution in [2.24, 2.45) is 17.8 Å². The molecule has 0 aliphatic heterocycles. The predicted molar refractivity (Wildman–Crippen MR) is 84.3 cm³/mol. The number of nitrogens with zero attached hydrogens (tertiary/aromatic N) is 4. The fourth-order valence-corrected chi connectivity index (χ4v) is 3.00. The maximum absolute atomic E-state index is 6.10. The summed E-state index contributed by atoms with van der Waals surface area (Å²) in [5.41, 5.74) is 5.76. The van der Waals surface area contributed by atoms with Gasteiger partial charge in [0.2, 0.25) is 11.9 Å². The van der Waals surface area contributed by atoms with E-state index in [0.717, 1.165) is 6.42 Å². The number of ether oxygens (including phenoxy) is 1. The van der Waals surface area contributed by atoms with Gasteiger partial charge in [0, 0.05) is 14.1 Å². The van der Waals surface area contributed by atoms with E-state index < -0.39 is 0 Å². The van der Waals surface area contributed by atoms with Crippen LogP contribution in [0.3, 0.4) is 0 Å². The van der Waals surface area contributed by atoms with Gasteiger partial charge in [0.15, 0.2) is 0 Å². The molecule has 1 fully saturated rings. The Morgan fingerprint density at radius 3 is 2.52 bits per heavy atom. The fraction of sp³-hybridized carbons (Fsp3) is 0.800. The van der Waals surface area contributed by atoms with Crippen LogP contribution >= 0.6 is 0 Å². The summed E-state index contributed by atoms with van der Waals surface area (Å²) in [7, 11) is 3.75. The SMILES string of the molecule is CC1CCC(C(C)C)C(Oc2nc(N)nc(N(C)C)n2)C1. The lowest BCUT2D eigenvalue weighted by atomic mass is 9.75. The van der Waals surface area contributed by atoms with Crippen LogP contribution in [0.5, 0.6) is 6.01 Å². The molecule has 1 aliphatic carbocycles. The van der Waals surface area contributed by atoms with Crippen molar-refractivity contribution in [3.05, 3.63) is 0 Å². The summed E-state index contributed by atoms with van der Waals surface area (Å²) in [5, 5.41) is 0. The molecule has 0 amide bonds. The molecule has 1 heterocycles. The molecule has 0 saturated heterocycles. The Hall–Kier alpha value is -1.59. The fourth-order valence-electron chi connectivity index (χ4n) is 3.00. The molecule has 0 bridgehead atoms. The average molecular weight is 293 g/mol. The van der Waals surface area contributed by atoms with Crippen LogP contribution in [-0.4, -0.2) is 35.2 Å². The average Bonchev–Trinajstić information content (AvgIpc) is 2.37. The van der Waals surface area contributed by atoms with Gasteiger partial charge in [-0.3, -0.25) is 0 Å². The minimum absolute atomic E-state index is 0.158. The van der Waals surface area contributed by atoms with Gasteiger partial charge in [0.1, 0.15) is 6.10 Å². The second-order valence-electron chi connectivity index (χ2n) is 6.65. The normalized spacial score (nSPS) is 25.9. The highest BCUT2D eigenvalue weighted by molar-refractivity contribution is 5.33. The Morgan fingerprint density at radius 2 is 1.90 bits per heavy atom. The summed E-state index contributed by atoms with van der Waals surface area (Å²) in [6, 6.07) is 0.343. The molecule has 6 nitrogen and oxygen atoms in total. The van der Waals surface area contributed by atoms with E-state index in [4.69, 9.17) is 10.5 Å². The molecule has 21 heavy (non-hydrogen) atoms. The topological polar surface area (TPSA) is 77.2 Å². The molecule has 1 saturated carbocycles. The molecule has 3 unspecified atom stereocenters. The molecule has 118 valence electrons. The van der Waals surface area contributed by atoms with Gasteiger partial charge in [0.25, 0.3) is 0 Å². The molecule has 1 aromatic heterocycles. The van der Waals surface area contributed by atoms with E-state index in [2.05, 4.69) is 35.7 Å². The summed E-state index contributed by atoms with van der Waals surface area (Å²) in [6.45, 7) is 6.79. The zero-order valence-electron chi connectivity index (χ0n) is 13.7. The molecule has 0 radical (unpaired) electrons. The van der Waals surface area contributed by atoms with Gasteiger partial charge >= 0.3 is 6.01 Å². The second kappa shape index (κ2) is 6.45. The monoisotopic (exact) mass is 293 g/mol. The van der Waals surface area contributed by atoms with Gasteiger partial charge in [-0.15, -0.1) is 0 Å². The first-order valence-electron chi connectivity index (χ1n) is 7.72. The Balaban J connectivity index is 2.18.